The lowest BCUT2D eigenvalue weighted by atomic mass is 9.92. The Balaban J connectivity index is 1.60. The summed E-state index contributed by atoms with van der Waals surface area (Å²) in [6, 6.07) is 9.81. The van der Waals surface area contributed by atoms with Gasteiger partial charge in [0.15, 0.2) is 0 Å². The number of thiophene rings is 1. The van der Waals surface area contributed by atoms with E-state index in [-0.39, 0.29) is 9.99 Å². The molecule has 1 N–H and O–H groups in total. The lowest BCUT2D eigenvalue weighted by Gasteiger charge is -2.33. The number of nitrogens with one attached hydrogen (secondary N) is 1. The Bertz CT molecular complexity index is 826. The van der Waals surface area contributed by atoms with E-state index in [2.05, 4.69) is 40.3 Å². The van der Waals surface area contributed by atoms with Crippen molar-refractivity contribution in [1.29, 1.82) is 0 Å². The van der Waals surface area contributed by atoms with Gasteiger partial charge >= 0.3 is 0 Å². The van der Waals surface area contributed by atoms with Crippen LogP contribution in [0.1, 0.15) is 39.2 Å². The monoisotopic (exact) mass is 420 g/mol. The summed E-state index contributed by atoms with van der Waals surface area (Å²) in [5, 5.41) is 4.16. The zero-order valence-corrected chi connectivity index (χ0v) is 17.8. The van der Waals surface area contributed by atoms with Crippen molar-refractivity contribution in [3.05, 3.63) is 51.9 Å². The summed E-state index contributed by atoms with van der Waals surface area (Å²) >= 11 is 7.56. The summed E-state index contributed by atoms with van der Waals surface area (Å²) in [6.07, 6.45) is 7.18. The predicted octanol–water partition coefficient (Wildman–Crippen LogP) is 5.20. The fraction of sp³-hybridized carbons (Fsp3) is 0.368. The average molecular weight is 421 g/mol. The van der Waals surface area contributed by atoms with Crippen molar-refractivity contribution < 1.29 is 4.79 Å². The standard InChI is InChI=1S/C19H20N2OS4/c1-23-18-15-14(8-5-9-19(15)24-10-11-25-19)16(26-18)17(22)21-20-12-13-6-3-2-4-7-13/h2-4,6-7,12H,5,8-11H2,1H3,(H,21,22). The molecule has 1 saturated heterocycles. The number of amides is 1. The molecular weight excluding hydrogens is 400 g/mol. The van der Waals surface area contributed by atoms with E-state index in [1.165, 1.54) is 33.3 Å². The van der Waals surface area contributed by atoms with Crippen molar-refractivity contribution in [2.75, 3.05) is 17.8 Å². The van der Waals surface area contributed by atoms with Crippen LogP contribution in [-0.4, -0.2) is 29.9 Å². The second-order valence-corrected chi connectivity index (χ2v) is 11.3. The van der Waals surface area contributed by atoms with Gasteiger partial charge in [-0.1, -0.05) is 30.3 Å². The summed E-state index contributed by atoms with van der Waals surface area (Å²) < 4.78 is 1.48. The van der Waals surface area contributed by atoms with Crippen LogP contribution in [0.25, 0.3) is 0 Å². The molecule has 1 spiro atoms. The van der Waals surface area contributed by atoms with Gasteiger partial charge in [-0.2, -0.15) is 5.10 Å². The summed E-state index contributed by atoms with van der Waals surface area (Å²) in [7, 11) is 0. The van der Waals surface area contributed by atoms with Gasteiger partial charge in [-0.15, -0.1) is 46.6 Å². The fourth-order valence-corrected chi connectivity index (χ4v) is 9.38. The molecule has 1 aliphatic heterocycles. The minimum Gasteiger partial charge on any atom is -0.266 e. The Hall–Kier alpha value is -0.890. The number of hydrogen-bond acceptors (Lipinski definition) is 6. The Kier molecular flexibility index (Phi) is 5.69. The normalized spacial score (nSPS) is 18.3. The third-order valence-electron chi connectivity index (χ3n) is 4.61. The Labute approximate surface area is 170 Å². The Morgan fingerprint density at radius 2 is 2.04 bits per heavy atom. The molecule has 0 radical (unpaired) electrons. The SMILES string of the molecule is CSc1sc(C(=O)NN=Cc2ccccc2)c2c1C1(CCC2)SCCS1. The zero-order chi connectivity index (χ0) is 18.0. The Morgan fingerprint density at radius 3 is 2.77 bits per heavy atom. The molecule has 1 aromatic carbocycles. The smallest absolute Gasteiger partial charge is 0.266 e. The van der Waals surface area contributed by atoms with Crippen molar-refractivity contribution >= 4 is 58.7 Å². The molecule has 0 unspecified atom stereocenters. The van der Waals surface area contributed by atoms with E-state index in [0.29, 0.717) is 0 Å². The van der Waals surface area contributed by atoms with Crippen LogP contribution in [0.2, 0.25) is 0 Å². The highest BCUT2D eigenvalue weighted by molar-refractivity contribution is 8.20. The van der Waals surface area contributed by atoms with Gasteiger partial charge in [0.2, 0.25) is 0 Å². The first-order valence-corrected chi connectivity index (χ1v) is 12.6. The van der Waals surface area contributed by atoms with Crippen molar-refractivity contribution in [3.63, 3.8) is 0 Å². The van der Waals surface area contributed by atoms with E-state index in [1.807, 2.05) is 30.3 Å². The van der Waals surface area contributed by atoms with Gasteiger partial charge in [-0.25, -0.2) is 5.43 Å². The third-order valence-corrected chi connectivity index (χ3v) is 10.5. The van der Waals surface area contributed by atoms with Crippen LogP contribution in [0.5, 0.6) is 0 Å². The molecule has 0 bridgehead atoms. The van der Waals surface area contributed by atoms with Crippen LogP contribution < -0.4 is 5.43 Å². The largest absolute Gasteiger partial charge is 0.281 e. The second-order valence-electron chi connectivity index (χ2n) is 6.19. The number of carbonyl (C=O) groups is 1. The number of nitrogens with zero attached hydrogens (tertiary/aromatic N) is 1. The highest BCUT2D eigenvalue weighted by Crippen LogP contribution is 2.61. The van der Waals surface area contributed by atoms with Gasteiger partial charge in [0.05, 0.1) is 19.4 Å². The minimum absolute atomic E-state index is 0.0798. The molecule has 0 atom stereocenters. The minimum atomic E-state index is -0.0798. The fourth-order valence-electron chi connectivity index (χ4n) is 3.51. The van der Waals surface area contributed by atoms with E-state index in [1.54, 1.807) is 29.3 Å². The number of hydrogen-bond donors (Lipinski definition) is 1. The molecule has 1 amide bonds. The van der Waals surface area contributed by atoms with Gasteiger partial charge in [-0.3, -0.25) is 4.79 Å². The van der Waals surface area contributed by atoms with E-state index < -0.39 is 0 Å². The molecule has 136 valence electrons. The lowest BCUT2D eigenvalue weighted by Crippen LogP contribution is -2.24. The number of rotatable bonds is 4. The lowest BCUT2D eigenvalue weighted by molar-refractivity contribution is 0.0958. The molecule has 0 saturated carbocycles. The first-order valence-electron chi connectivity index (χ1n) is 8.60. The Morgan fingerprint density at radius 1 is 1.27 bits per heavy atom. The first-order chi connectivity index (χ1) is 12.7. The number of carbonyl (C=O) groups excluding carboxylic acids is 1. The van der Waals surface area contributed by atoms with Crippen molar-refractivity contribution in [1.82, 2.24) is 5.43 Å². The van der Waals surface area contributed by atoms with Crippen LogP contribution in [0.15, 0.2) is 39.6 Å². The van der Waals surface area contributed by atoms with E-state index in [4.69, 9.17) is 0 Å². The van der Waals surface area contributed by atoms with Gasteiger partial charge in [0.25, 0.3) is 5.91 Å². The van der Waals surface area contributed by atoms with E-state index >= 15 is 0 Å². The summed E-state index contributed by atoms with van der Waals surface area (Å²) in [5.41, 5.74) is 6.41. The molecule has 26 heavy (non-hydrogen) atoms. The van der Waals surface area contributed by atoms with Gasteiger partial charge in [-0.05, 0) is 36.6 Å². The van der Waals surface area contributed by atoms with Crippen LogP contribution in [0, 0.1) is 0 Å². The molecule has 4 rings (SSSR count). The highest BCUT2D eigenvalue weighted by atomic mass is 32.2. The number of benzene rings is 1. The number of hydrazone groups is 1. The van der Waals surface area contributed by atoms with Crippen LogP contribution in [-0.2, 0) is 10.5 Å². The van der Waals surface area contributed by atoms with Crippen LogP contribution in [0.4, 0.5) is 0 Å². The molecule has 3 nitrogen and oxygen atoms in total. The summed E-state index contributed by atoms with van der Waals surface area (Å²) in [4.78, 5) is 13.7. The number of fused-ring (bicyclic) bond motifs is 2. The molecule has 7 heteroatoms. The first kappa shape index (κ1) is 18.5. The predicted molar refractivity (Wildman–Crippen MR) is 117 cm³/mol. The summed E-state index contributed by atoms with van der Waals surface area (Å²) in [5.74, 6) is 2.33. The van der Waals surface area contributed by atoms with Gasteiger partial charge in [0.1, 0.15) is 0 Å². The maximum atomic E-state index is 12.8. The van der Waals surface area contributed by atoms with E-state index in [0.717, 1.165) is 23.3 Å². The molecule has 2 heterocycles. The highest BCUT2D eigenvalue weighted by Gasteiger charge is 2.45. The van der Waals surface area contributed by atoms with Crippen molar-refractivity contribution in [2.24, 2.45) is 5.10 Å². The van der Waals surface area contributed by atoms with Crippen LogP contribution >= 0.6 is 46.6 Å². The molecule has 1 fully saturated rings. The topological polar surface area (TPSA) is 41.5 Å². The quantitative estimate of drug-likeness (QED) is 0.419. The summed E-state index contributed by atoms with van der Waals surface area (Å²) in [6.45, 7) is 0. The van der Waals surface area contributed by atoms with E-state index in [9.17, 15) is 4.79 Å². The average Bonchev–Trinajstić information content (AvgIpc) is 3.28. The molecule has 1 aliphatic carbocycles. The van der Waals surface area contributed by atoms with Gasteiger partial charge in [0, 0.05) is 17.1 Å². The maximum absolute atomic E-state index is 12.8. The van der Waals surface area contributed by atoms with Crippen molar-refractivity contribution in [3.8, 4) is 0 Å². The maximum Gasteiger partial charge on any atom is 0.281 e. The van der Waals surface area contributed by atoms with Crippen molar-refractivity contribution in [2.45, 2.75) is 27.6 Å². The number of thioether (sulfide) groups is 3. The van der Waals surface area contributed by atoms with Crippen LogP contribution in [0.3, 0.4) is 0 Å². The molecule has 2 aliphatic rings. The second kappa shape index (κ2) is 8.00. The molecule has 1 aromatic heterocycles. The zero-order valence-electron chi connectivity index (χ0n) is 14.5. The van der Waals surface area contributed by atoms with Gasteiger partial charge < -0.3 is 0 Å². The molecular formula is C19H20N2OS4. The molecule has 2 aromatic rings. The third kappa shape index (κ3) is 3.46.